The number of fused-ring (bicyclic) bond motifs is 1. The van der Waals surface area contributed by atoms with Crippen molar-refractivity contribution in [2.24, 2.45) is 12.5 Å². The van der Waals surface area contributed by atoms with E-state index in [-0.39, 0.29) is 28.1 Å². The van der Waals surface area contributed by atoms with Crippen LogP contribution in [0.1, 0.15) is 50.8 Å². The van der Waals surface area contributed by atoms with Gasteiger partial charge in [0.2, 0.25) is 0 Å². The molecule has 2 aromatic heterocycles. The lowest BCUT2D eigenvalue weighted by molar-refractivity contribution is 0.0428. The standard InChI is InChI=1S/C28H32ClN5O3S/c1-27(2,3)37-26(36)32-24-19-8-6-5-7-18(19)15-28(24)10-13-34(14-11-28)21-16-31-22(17-30-21)38-20-9-12-33(4)25(35)23(20)29/h5-9,12,16-17,24H,10-11,13-15H2,1-4H3,(H,32,36)/t24-/m1/s1. The van der Waals surface area contributed by atoms with Gasteiger partial charge in [-0.15, -0.1) is 0 Å². The molecule has 3 heterocycles. The van der Waals surface area contributed by atoms with Crippen LogP contribution in [-0.2, 0) is 18.2 Å². The van der Waals surface area contributed by atoms with E-state index >= 15 is 0 Å². The first kappa shape index (κ1) is 26.6. The normalized spacial score (nSPS) is 18.3. The van der Waals surface area contributed by atoms with Crippen molar-refractivity contribution in [1.29, 1.82) is 0 Å². The molecule has 10 heteroatoms. The zero-order valence-corrected chi connectivity index (χ0v) is 23.6. The van der Waals surface area contributed by atoms with E-state index in [0.717, 1.165) is 38.2 Å². The van der Waals surface area contributed by atoms with Crippen LogP contribution < -0.4 is 15.8 Å². The Balaban J connectivity index is 1.28. The third-order valence-corrected chi connectivity index (χ3v) is 8.73. The van der Waals surface area contributed by atoms with Gasteiger partial charge in [-0.25, -0.2) is 14.8 Å². The summed E-state index contributed by atoms with van der Waals surface area (Å²) in [5.74, 6) is 0.812. The van der Waals surface area contributed by atoms with Crippen LogP contribution in [0.3, 0.4) is 0 Å². The van der Waals surface area contributed by atoms with E-state index in [0.29, 0.717) is 9.92 Å². The summed E-state index contributed by atoms with van der Waals surface area (Å²) in [5, 5.41) is 4.06. The molecular weight excluding hydrogens is 522 g/mol. The molecule has 1 fully saturated rings. The fraction of sp³-hybridized carbons (Fsp3) is 0.429. The van der Waals surface area contributed by atoms with E-state index in [1.165, 1.54) is 27.5 Å². The highest BCUT2D eigenvalue weighted by Gasteiger charge is 2.48. The van der Waals surface area contributed by atoms with Crippen LogP contribution in [0.2, 0.25) is 5.02 Å². The number of amides is 1. The van der Waals surface area contributed by atoms with Crippen molar-refractivity contribution in [2.45, 2.75) is 61.6 Å². The number of alkyl carbamates (subject to hydrolysis) is 1. The van der Waals surface area contributed by atoms with Crippen LogP contribution in [0.15, 0.2) is 63.6 Å². The van der Waals surface area contributed by atoms with E-state index in [1.54, 1.807) is 31.7 Å². The van der Waals surface area contributed by atoms with Gasteiger partial charge in [-0.05, 0) is 57.2 Å². The van der Waals surface area contributed by atoms with Crippen molar-refractivity contribution in [3.63, 3.8) is 0 Å². The number of anilines is 1. The number of aromatic nitrogens is 3. The predicted molar refractivity (Wildman–Crippen MR) is 149 cm³/mol. The van der Waals surface area contributed by atoms with Gasteiger partial charge in [0.05, 0.1) is 18.4 Å². The molecule has 1 aromatic carbocycles. The second-order valence-corrected chi connectivity index (χ2v) is 12.5. The van der Waals surface area contributed by atoms with Crippen molar-refractivity contribution >= 4 is 35.3 Å². The number of hydrogen-bond acceptors (Lipinski definition) is 7. The lowest BCUT2D eigenvalue weighted by atomic mass is 9.72. The number of halogens is 1. The van der Waals surface area contributed by atoms with Gasteiger partial charge < -0.3 is 19.5 Å². The lowest BCUT2D eigenvalue weighted by Crippen LogP contribution is -2.47. The summed E-state index contributed by atoms with van der Waals surface area (Å²) < 4.78 is 7.05. The third-order valence-electron chi connectivity index (χ3n) is 7.27. The van der Waals surface area contributed by atoms with Crippen LogP contribution in [0.4, 0.5) is 10.6 Å². The summed E-state index contributed by atoms with van der Waals surface area (Å²) in [5.41, 5.74) is 1.61. The number of rotatable bonds is 4. The SMILES string of the molecule is Cn1ccc(Sc2cnc(N3CCC4(CC3)Cc3ccccc3[C@H]4NC(=O)OC(C)(C)C)cn2)c(Cl)c1=O. The molecule has 200 valence electrons. The molecule has 38 heavy (non-hydrogen) atoms. The third kappa shape index (κ3) is 5.40. The number of carbonyl (C=O) groups is 1. The molecule has 0 saturated carbocycles. The Kier molecular flexibility index (Phi) is 7.17. The first-order chi connectivity index (χ1) is 18.0. The second kappa shape index (κ2) is 10.3. The quantitative estimate of drug-likeness (QED) is 0.463. The number of carbonyl (C=O) groups excluding carboxylic acids is 1. The second-order valence-electron chi connectivity index (χ2n) is 11.0. The highest BCUT2D eigenvalue weighted by molar-refractivity contribution is 7.99. The number of aryl methyl sites for hydroxylation is 1. The van der Waals surface area contributed by atoms with Crippen molar-refractivity contribution in [3.05, 3.63) is 75.4 Å². The van der Waals surface area contributed by atoms with Crippen LogP contribution in [0.5, 0.6) is 0 Å². The molecule has 0 radical (unpaired) electrons. The first-order valence-corrected chi connectivity index (χ1v) is 13.9. The van der Waals surface area contributed by atoms with E-state index < -0.39 is 5.60 Å². The summed E-state index contributed by atoms with van der Waals surface area (Å²) in [7, 11) is 1.67. The van der Waals surface area contributed by atoms with Crippen LogP contribution in [0, 0.1) is 5.41 Å². The van der Waals surface area contributed by atoms with Crippen molar-refractivity contribution in [1.82, 2.24) is 19.9 Å². The van der Waals surface area contributed by atoms with Gasteiger partial charge in [0, 0.05) is 36.6 Å². The van der Waals surface area contributed by atoms with Gasteiger partial charge >= 0.3 is 6.09 Å². The van der Waals surface area contributed by atoms with Gasteiger partial charge in [-0.1, -0.05) is 47.6 Å². The maximum absolute atomic E-state index is 12.8. The van der Waals surface area contributed by atoms with E-state index in [4.69, 9.17) is 16.3 Å². The molecule has 1 aliphatic heterocycles. The first-order valence-electron chi connectivity index (χ1n) is 12.7. The average Bonchev–Trinajstić information content (AvgIpc) is 3.16. The Morgan fingerprint density at radius 2 is 1.89 bits per heavy atom. The number of ether oxygens (including phenoxy) is 1. The smallest absolute Gasteiger partial charge is 0.408 e. The number of piperidine rings is 1. The Morgan fingerprint density at radius 3 is 2.58 bits per heavy atom. The summed E-state index contributed by atoms with van der Waals surface area (Å²) in [6, 6.07) is 10.1. The summed E-state index contributed by atoms with van der Waals surface area (Å²) in [6.07, 6.45) is 7.54. The zero-order chi connectivity index (χ0) is 27.1. The van der Waals surface area contributed by atoms with Crippen molar-refractivity contribution < 1.29 is 9.53 Å². The Hall–Kier alpha value is -3.04. The van der Waals surface area contributed by atoms with Gasteiger partial charge in [-0.3, -0.25) is 4.79 Å². The zero-order valence-electron chi connectivity index (χ0n) is 22.0. The molecule has 1 saturated heterocycles. The van der Waals surface area contributed by atoms with Crippen LogP contribution in [0.25, 0.3) is 0 Å². The average molecular weight is 554 g/mol. The Bertz CT molecular complexity index is 1390. The summed E-state index contributed by atoms with van der Waals surface area (Å²) in [4.78, 5) is 37.0. The fourth-order valence-electron chi connectivity index (χ4n) is 5.39. The molecule has 1 spiro atoms. The highest BCUT2D eigenvalue weighted by Crippen LogP contribution is 2.52. The van der Waals surface area contributed by atoms with Gasteiger partial charge in [-0.2, -0.15) is 0 Å². The minimum atomic E-state index is -0.553. The largest absolute Gasteiger partial charge is 0.444 e. The molecule has 1 N–H and O–H groups in total. The van der Waals surface area contributed by atoms with E-state index in [9.17, 15) is 9.59 Å². The minimum absolute atomic E-state index is 0.0729. The van der Waals surface area contributed by atoms with Crippen LogP contribution in [-0.4, -0.2) is 39.3 Å². The maximum Gasteiger partial charge on any atom is 0.408 e. The Morgan fingerprint density at radius 1 is 1.16 bits per heavy atom. The number of nitrogens with one attached hydrogen (secondary N) is 1. The van der Waals surface area contributed by atoms with Gasteiger partial charge in [0.25, 0.3) is 5.56 Å². The van der Waals surface area contributed by atoms with E-state index in [1.807, 2.05) is 26.8 Å². The van der Waals surface area contributed by atoms with Crippen molar-refractivity contribution in [2.75, 3.05) is 18.0 Å². The molecule has 1 amide bonds. The summed E-state index contributed by atoms with van der Waals surface area (Å²) >= 11 is 7.55. The van der Waals surface area contributed by atoms with Crippen molar-refractivity contribution in [3.8, 4) is 0 Å². The topological polar surface area (TPSA) is 89.3 Å². The number of nitrogens with zero attached hydrogens (tertiary/aromatic N) is 4. The molecule has 1 atom stereocenters. The molecular formula is C28H32ClN5O3S. The van der Waals surface area contributed by atoms with E-state index in [2.05, 4.69) is 38.4 Å². The number of pyridine rings is 1. The molecule has 3 aromatic rings. The fourth-order valence-corrected chi connectivity index (χ4v) is 6.44. The Labute approximate surface area is 231 Å². The predicted octanol–water partition coefficient (Wildman–Crippen LogP) is 5.39. The molecule has 1 aliphatic carbocycles. The monoisotopic (exact) mass is 553 g/mol. The number of benzene rings is 1. The number of hydrogen-bond donors (Lipinski definition) is 1. The molecule has 0 unspecified atom stereocenters. The van der Waals surface area contributed by atoms with Gasteiger partial charge in [0.1, 0.15) is 21.5 Å². The minimum Gasteiger partial charge on any atom is -0.444 e. The van der Waals surface area contributed by atoms with Gasteiger partial charge in [0.15, 0.2) is 0 Å². The van der Waals surface area contributed by atoms with Crippen LogP contribution >= 0.6 is 23.4 Å². The lowest BCUT2D eigenvalue weighted by Gasteiger charge is -2.43. The molecule has 2 aliphatic rings. The molecule has 5 rings (SSSR count). The summed E-state index contributed by atoms with van der Waals surface area (Å²) in [6.45, 7) is 7.25. The molecule has 8 nitrogen and oxygen atoms in total. The highest BCUT2D eigenvalue weighted by atomic mass is 35.5. The maximum atomic E-state index is 12.8. The molecule has 0 bridgehead atoms.